The molecule has 1 saturated carbocycles. The van der Waals surface area contributed by atoms with Crippen molar-refractivity contribution in [1.29, 1.82) is 0 Å². The minimum Gasteiger partial charge on any atom is -0.350 e. The summed E-state index contributed by atoms with van der Waals surface area (Å²) in [6.45, 7) is 3.08. The third-order valence-electron chi connectivity index (χ3n) is 4.42. The Bertz CT molecular complexity index is 215. The van der Waals surface area contributed by atoms with Crippen molar-refractivity contribution in [3.05, 3.63) is 0 Å². The van der Waals surface area contributed by atoms with Gasteiger partial charge in [0.05, 0.1) is 12.7 Å². The third-order valence-corrected chi connectivity index (χ3v) is 4.42. The summed E-state index contributed by atoms with van der Waals surface area (Å²) in [6, 6.07) is 0. The highest BCUT2D eigenvalue weighted by molar-refractivity contribution is 4.76. The molecule has 1 unspecified atom stereocenters. The highest BCUT2D eigenvalue weighted by Gasteiger charge is 2.36. The molecule has 1 spiro atoms. The molecule has 2 nitrogen and oxygen atoms in total. The lowest BCUT2D eigenvalue weighted by atomic mass is 9.96. The Morgan fingerprint density at radius 1 is 0.778 bits per heavy atom. The van der Waals surface area contributed by atoms with Gasteiger partial charge in [0.15, 0.2) is 5.79 Å². The first-order valence-electron chi connectivity index (χ1n) is 8.13. The zero-order chi connectivity index (χ0) is 12.7. The second-order valence-corrected chi connectivity index (χ2v) is 6.16. The molecule has 18 heavy (non-hydrogen) atoms. The monoisotopic (exact) mass is 254 g/mol. The lowest BCUT2D eigenvalue weighted by Gasteiger charge is -2.40. The predicted molar refractivity (Wildman–Crippen MR) is 74.6 cm³/mol. The second kappa shape index (κ2) is 7.49. The number of ether oxygens (including phenoxy) is 2. The molecule has 1 atom stereocenters. The van der Waals surface area contributed by atoms with E-state index in [0.717, 1.165) is 25.9 Å². The first kappa shape index (κ1) is 14.3. The minimum absolute atomic E-state index is 0.225. The summed E-state index contributed by atoms with van der Waals surface area (Å²) in [5.41, 5.74) is 0. The zero-order valence-electron chi connectivity index (χ0n) is 12.1. The molecule has 1 saturated heterocycles. The third kappa shape index (κ3) is 4.55. The SMILES string of the molecule is CC1CCOC2(CCCCCCCCCCC2)O1. The first-order valence-corrected chi connectivity index (χ1v) is 8.13. The molecule has 1 aliphatic carbocycles. The number of rotatable bonds is 0. The normalized spacial score (nSPS) is 31.5. The average molecular weight is 254 g/mol. The van der Waals surface area contributed by atoms with Gasteiger partial charge in [-0.1, -0.05) is 44.9 Å². The summed E-state index contributed by atoms with van der Waals surface area (Å²) in [4.78, 5) is 0. The van der Waals surface area contributed by atoms with E-state index in [9.17, 15) is 0 Å². The van der Waals surface area contributed by atoms with Crippen LogP contribution in [0.1, 0.15) is 84.0 Å². The van der Waals surface area contributed by atoms with Crippen LogP contribution in [0.4, 0.5) is 0 Å². The second-order valence-electron chi connectivity index (χ2n) is 6.16. The van der Waals surface area contributed by atoms with Gasteiger partial charge < -0.3 is 9.47 Å². The largest absolute Gasteiger partial charge is 0.350 e. The Balaban J connectivity index is 1.87. The van der Waals surface area contributed by atoms with Crippen molar-refractivity contribution >= 4 is 0 Å². The van der Waals surface area contributed by atoms with Gasteiger partial charge in [0.25, 0.3) is 0 Å². The Morgan fingerprint density at radius 2 is 1.28 bits per heavy atom. The van der Waals surface area contributed by atoms with Crippen molar-refractivity contribution < 1.29 is 9.47 Å². The van der Waals surface area contributed by atoms with Gasteiger partial charge in [-0.05, 0) is 26.2 Å². The van der Waals surface area contributed by atoms with Crippen LogP contribution in [-0.4, -0.2) is 18.5 Å². The Kier molecular flexibility index (Phi) is 5.97. The lowest BCUT2D eigenvalue weighted by molar-refractivity contribution is -0.297. The standard InChI is InChI=1S/C16H30O2/c1-15-11-14-17-16(18-15)12-9-7-5-3-2-4-6-8-10-13-16/h15H,2-14H2,1H3. The van der Waals surface area contributed by atoms with E-state index in [1.54, 1.807) is 0 Å². The summed E-state index contributed by atoms with van der Waals surface area (Å²) in [7, 11) is 0. The molecule has 0 N–H and O–H groups in total. The number of hydrogen-bond acceptors (Lipinski definition) is 2. The fourth-order valence-electron chi connectivity index (χ4n) is 3.28. The molecule has 1 aliphatic heterocycles. The maximum Gasteiger partial charge on any atom is 0.168 e. The molecule has 106 valence electrons. The topological polar surface area (TPSA) is 18.5 Å². The maximum atomic E-state index is 6.20. The molecule has 0 aromatic rings. The molecule has 1 heterocycles. The molecule has 0 aromatic carbocycles. The predicted octanol–water partition coefficient (Wildman–Crippen LogP) is 4.81. The molecule has 2 aliphatic rings. The van der Waals surface area contributed by atoms with Gasteiger partial charge in [0, 0.05) is 12.8 Å². The van der Waals surface area contributed by atoms with Gasteiger partial charge in [-0.2, -0.15) is 0 Å². The van der Waals surface area contributed by atoms with Crippen molar-refractivity contribution in [1.82, 2.24) is 0 Å². The minimum atomic E-state index is -0.225. The van der Waals surface area contributed by atoms with Crippen molar-refractivity contribution in [2.45, 2.75) is 95.9 Å². The quantitative estimate of drug-likeness (QED) is 0.617. The van der Waals surface area contributed by atoms with E-state index < -0.39 is 0 Å². The van der Waals surface area contributed by atoms with Gasteiger partial charge in [0.2, 0.25) is 0 Å². The fourth-order valence-corrected chi connectivity index (χ4v) is 3.28. The molecule has 0 aromatic heterocycles. The molecule has 0 amide bonds. The highest BCUT2D eigenvalue weighted by atomic mass is 16.7. The molecule has 0 bridgehead atoms. The molecular weight excluding hydrogens is 224 g/mol. The maximum absolute atomic E-state index is 6.20. The molecule has 2 heteroatoms. The van der Waals surface area contributed by atoms with E-state index in [4.69, 9.17) is 9.47 Å². The summed E-state index contributed by atoms with van der Waals surface area (Å²) in [5.74, 6) is -0.225. The molecule has 2 fully saturated rings. The Hall–Kier alpha value is -0.0800. The Morgan fingerprint density at radius 3 is 1.78 bits per heavy atom. The zero-order valence-corrected chi connectivity index (χ0v) is 12.1. The van der Waals surface area contributed by atoms with Gasteiger partial charge in [-0.15, -0.1) is 0 Å². The number of hydrogen-bond donors (Lipinski definition) is 0. The fraction of sp³-hybridized carbons (Fsp3) is 1.00. The lowest BCUT2D eigenvalue weighted by Crippen LogP contribution is -2.43. The van der Waals surface area contributed by atoms with E-state index >= 15 is 0 Å². The van der Waals surface area contributed by atoms with Crippen LogP contribution in [0.25, 0.3) is 0 Å². The molecule has 0 radical (unpaired) electrons. The van der Waals surface area contributed by atoms with Crippen LogP contribution in [0.15, 0.2) is 0 Å². The van der Waals surface area contributed by atoms with Crippen LogP contribution >= 0.6 is 0 Å². The molecular formula is C16H30O2. The van der Waals surface area contributed by atoms with E-state index in [1.165, 1.54) is 57.8 Å². The van der Waals surface area contributed by atoms with Crippen molar-refractivity contribution in [2.75, 3.05) is 6.61 Å². The first-order chi connectivity index (χ1) is 8.81. The van der Waals surface area contributed by atoms with E-state index in [0.29, 0.717) is 6.10 Å². The van der Waals surface area contributed by atoms with Crippen LogP contribution in [0.2, 0.25) is 0 Å². The summed E-state index contributed by atoms with van der Waals surface area (Å²) < 4.78 is 12.3. The van der Waals surface area contributed by atoms with Crippen molar-refractivity contribution in [2.24, 2.45) is 0 Å². The van der Waals surface area contributed by atoms with Gasteiger partial charge >= 0.3 is 0 Å². The summed E-state index contributed by atoms with van der Waals surface area (Å²) >= 11 is 0. The van der Waals surface area contributed by atoms with Crippen molar-refractivity contribution in [3.63, 3.8) is 0 Å². The van der Waals surface area contributed by atoms with Gasteiger partial charge in [-0.3, -0.25) is 0 Å². The summed E-state index contributed by atoms with van der Waals surface area (Å²) in [5, 5.41) is 0. The smallest absolute Gasteiger partial charge is 0.168 e. The van der Waals surface area contributed by atoms with Crippen LogP contribution in [0.5, 0.6) is 0 Å². The van der Waals surface area contributed by atoms with E-state index in [-0.39, 0.29) is 5.79 Å². The van der Waals surface area contributed by atoms with Gasteiger partial charge in [0.1, 0.15) is 0 Å². The molecule has 2 rings (SSSR count). The van der Waals surface area contributed by atoms with Crippen LogP contribution < -0.4 is 0 Å². The highest BCUT2D eigenvalue weighted by Crippen LogP contribution is 2.34. The van der Waals surface area contributed by atoms with E-state index in [2.05, 4.69) is 6.92 Å². The van der Waals surface area contributed by atoms with Crippen LogP contribution in [0.3, 0.4) is 0 Å². The van der Waals surface area contributed by atoms with Crippen LogP contribution in [0, 0.1) is 0 Å². The van der Waals surface area contributed by atoms with Crippen molar-refractivity contribution in [3.8, 4) is 0 Å². The van der Waals surface area contributed by atoms with E-state index in [1.807, 2.05) is 0 Å². The summed E-state index contributed by atoms with van der Waals surface area (Å²) in [6.07, 6.45) is 16.0. The Labute approximate surface area is 112 Å². The van der Waals surface area contributed by atoms with Crippen LogP contribution in [-0.2, 0) is 9.47 Å². The average Bonchev–Trinajstić information content (AvgIpc) is 2.34. The van der Waals surface area contributed by atoms with Gasteiger partial charge in [-0.25, -0.2) is 0 Å².